The van der Waals surface area contributed by atoms with Crippen LogP contribution >= 0.6 is 0 Å². The van der Waals surface area contributed by atoms with E-state index in [1.54, 1.807) is 0 Å². The minimum absolute atomic E-state index is 0.122. The molecule has 1 atom stereocenters. The van der Waals surface area contributed by atoms with Crippen LogP contribution in [0.25, 0.3) is 0 Å². The van der Waals surface area contributed by atoms with E-state index >= 15 is 0 Å². The first-order valence-electron chi connectivity index (χ1n) is 6.72. The van der Waals surface area contributed by atoms with Gasteiger partial charge in [-0.3, -0.25) is 4.79 Å². The second kappa shape index (κ2) is 7.33. The highest BCUT2D eigenvalue weighted by Crippen LogP contribution is 2.31. The van der Waals surface area contributed by atoms with Gasteiger partial charge in [0.2, 0.25) is 0 Å². The van der Waals surface area contributed by atoms with Crippen LogP contribution < -0.4 is 5.73 Å². The van der Waals surface area contributed by atoms with Gasteiger partial charge in [0.15, 0.2) is 0 Å². The summed E-state index contributed by atoms with van der Waals surface area (Å²) in [6.07, 6.45) is 2.81. The van der Waals surface area contributed by atoms with Gasteiger partial charge in [0.1, 0.15) is 18.8 Å². The zero-order chi connectivity index (χ0) is 14.4. The zero-order valence-electron chi connectivity index (χ0n) is 11.5. The van der Waals surface area contributed by atoms with E-state index in [-0.39, 0.29) is 12.7 Å². The normalized spacial score (nSPS) is 24.8. The number of carbonyl (C=O) groups is 2. The molecule has 1 unspecified atom stereocenters. The largest absolute Gasteiger partial charge is 0.508 e. The van der Waals surface area contributed by atoms with Gasteiger partial charge >= 0.3 is 12.1 Å². The summed E-state index contributed by atoms with van der Waals surface area (Å²) >= 11 is 0. The van der Waals surface area contributed by atoms with E-state index in [9.17, 15) is 9.59 Å². The Bertz CT molecular complexity index is 310. The lowest BCUT2D eigenvalue weighted by molar-refractivity contribution is -0.139. The minimum Gasteiger partial charge on any atom is -0.480 e. The molecular formula is C13H23NO5. The third kappa shape index (κ3) is 5.46. The summed E-state index contributed by atoms with van der Waals surface area (Å²) in [6, 6.07) is -1.20. The molecular weight excluding hydrogens is 250 g/mol. The Morgan fingerprint density at radius 2 is 1.84 bits per heavy atom. The predicted octanol–water partition coefficient (Wildman–Crippen LogP) is 1.77. The van der Waals surface area contributed by atoms with Gasteiger partial charge < -0.3 is 20.3 Å². The number of carboxylic acids is 1. The molecule has 19 heavy (non-hydrogen) atoms. The van der Waals surface area contributed by atoms with Crippen molar-refractivity contribution in [1.29, 1.82) is 0 Å². The number of carboxylic acid groups (broad SMARTS) is 1. The Morgan fingerprint density at radius 3 is 2.32 bits per heavy atom. The van der Waals surface area contributed by atoms with Crippen LogP contribution in [0.2, 0.25) is 0 Å². The van der Waals surface area contributed by atoms with Crippen LogP contribution in [-0.4, -0.2) is 36.0 Å². The summed E-state index contributed by atoms with van der Waals surface area (Å²) in [6.45, 7) is 4.04. The maximum atomic E-state index is 11.4. The van der Waals surface area contributed by atoms with E-state index in [4.69, 9.17) is 15.6 Å². The molecule has 0 bridgehead atoms. The van der Waals surface area contributed by atoms with Crippen molar-refractivity contribution in [2.24, 2.45) is 17.6 Å². The average molecular weight is 273 g/mol. The van der Waals surface area contributed by atoms with Crippen molar-refractivity contribution < 1.29 is 24.2 Å². The number of aliphatic carboxylic acids is 1. The van der Waals surface area contributed by atoms with Gasteiger partial charge in [-0.15, -0.1) is 0 Å². The van der Waals surface area contributed by atoms with Gasteiger partial charge in [-0.05, 0) is 37.5 Å². The molecule has 0 aromatic rings. The molecule has 1 rings (SSSR count). The summed E-state index contributed by atoms with van der Waals surface area (Å²) in [5, 5.41) is 8.54. The molecule has 0 heterocycles. The predicted molar refractivity (Wildman–Crippen MR) is 68.6 cm³/mol. The van der Waals surface area contributed by atoms with Crippen molar-refractivity contribution in [3.05, 3.63) is 0 Å². The molecule has 0 amide bonds. The maximum Gasteiger partial charge on any atom is 0.508 e. The van der Waals surface area contributed by atoms with Crippen LogP contribution in [0.3, 0.4) is 0 Å². The van der Waals surface area contributed by atoms with E-state index in [2.05, 4.69) is 18.6 Å². The molecule has 1 fully saturated rings. The van der Waals surface area contributed by atoms with E-state index in [1.165, 1.54) is 0 Å². The number of nitrogens with two attached hydrogens (primary N) is 1. The average Bonchev–Trinajstić information content (AvgIpc) is 2.36. The van der Waals surface area contributed by atoms with E-state index in [1.807, 2.05) is 0 Å². The van der Waals surface area contributed by atoms with Gasteiger partial charge in [-0.1, -0.05) is 13.8 Å². The van der Waals surface area contributed by atoms with Gasteiger partial charge in [0.25, 0.3) is 0 Å². The molecule has 6 nitrogen and oxygen atoms in total. The number of hydrogen-bond donors (Lipinski definition) is 2. The smallest absolute Gasteiger partial charge is 0.480 e. The molecule has 0 spiro atoms. The van der Waals surface area contributed by atoms with Crippen molar-refractivity contribution in [3.63, 3.8) is 0 Å². The van der Waals surface area contributed by atoms with Crippen LogP contribution in [0.1, 0.15) is 39.5 Å². The highest BCUT2D eigenvalue weighted by Gasteiger charge is 2.26. The van der Waals surface area contributed by atoms with Crippen molar-refractivity contribution in [2.75, 3.05) is 6.61 Å². The molecule has 3 N–H and O–H groups in total. The Labute approximate surface area is 113 Å². The van der Waals surface area contributed by atoms with Crippen molar-refractivity contribution in [2.45, 2.75) is 51.7 Å². The molecule has 0 aromatic carbocycles. The highest BCUT2D eigenvalue weighted by molar-refractivity contribution is 5.73. The molecule has 0 aromatic heterocycles. The number of carbonyl (C=O) groups excluding carboxylic acids is 1. The third-order valence-corrected chi connectivity index (χ3v) is 3.62. The molecule has 1 aliphatic rings. The Balaban J connectivity index is 2.22. The SMILES string of the molecule is CC(C)C1CCC(OC(=O)OCC(N)C(=O)O)CC1. The maximum absolute atomic E-state index is 11.4. The first-order valence-corrected chi connectivity index (χ1v) is 6.72. The monoisotopic (exact) mass is 273 g/mol. The summed E-state index contributed by atoms with van der Waals surface area (Å²) in [4.78, 5) is 21.8. The summed E-state index contributed by atoms with van der Waals surface area (Å²) in [5.74, 6) is 0.142. The molecule has 0 saturated heterocycles. The Morgan fingerprint density at radius 1 is 1.26 bits per heavy atom. The van der Waals surface area contributed by atoms with Crippen molar-refractivity contribution >= 4 is 12.1 Å². The van der Waals surface area contributed by atoms with Gasteiger partial charge in [-0.2, -0.15) is 0 Å². The van der Waals surface area contributed by atoms with Gasteiger partial charge in [0.05, 0.1) is 0 Å². The number of ether oxygens (including phenoxy) is 2. The van der Waals surface area contributed by atoms with Gasteiger partial charge in [0, 0.05) is 0 Å². The first-order chi connectivity index (χ1) is 8.90. The summed E-state index contributed by atoms with van der Waals surface area (Å²) in [7, 11) is 0. The molecule has 1 aliphatic carbocycles. The molecule has 110 valence electrons. The molecule has 1 saturated carbocycles. The molecule has 0 aliphatic heterocycles. The van der Waals surface area contributed by atoms with Crippen molar-refractivity contribution in [3.8, 4) is 0 Å². The number of hydrogen-bond acceptors (Lipinski definition) is 5. The molecule has 0 radical (unpaired) electrons. The van der Waals surface area contributed by atoms with Crippen LogP contribution in [0.15, 0.2) is 0 Å². The summed E-state index contributed by atoms with van der Waals surface area (Å²) < 4.78 is 9.82. The fourth-order valence-corrected chi connectivity index (χ4v) is 2.27. The Kier molecular flexibility index (Phi) is 6.08. The van der Waals surface area contributed by atoms with Crippen LogP contribution in [0.5, 0.6) is 0 Å². The third-order valence-electron chi connectivity index (χ3n) is 3.62. The lowest BCUT2D eigenvalue weighted by atomic mass is 9.80. The highest BCUT2D eigenvalue weighted by atomic mass is 16.7. The summed E-state index contributed by atoms with van der Waals surface area (Å²) in [5.41, 5.74) is 5.22. The van der Waals surface area contributed by atoms with Crippen LogP contribution in [0.4, 0.5) is 4.79 Å². The van der Waals surface area contributed by atoms with Gasteiger partial charge in [-0.25, -0.2) is 4.79 Å². The first kappa shape index (κ1) is 15.8. The minimum atomic E-state index is -1.20. The van der Waals surface area contributed by atoms with Crippen LogP contribution in [0, 0.1) is 11.8 Å². The molecule has 6 heteroatoms. The lowest BCUT2D eigenvalue weighted by Gasteiger charge is -2.30. The fraction of sp³-hybridized carbons (Fsp3) is 0.846. The zero-order valence-corrected chi connectivity index (χ0v) is 11.5. The lowest BCUT2D eigenvalue weighted by Crippen LogP contribution is -2.36. The van der Waals surface area contributed by atoms with Crippen molar-refractivity contribution in [1.82, 2.24) is 0 Å². The fourth-order valence-electron chi connectivity index (χ4n) is 2.27. The number of rotatable bonds is 5. The second-order valence-corrected chi connectivity index (χ2v) is 5.40. The standard InChI is InChI=1S/C13H23NO5/c1-8(2)9-3-5-10(6-4-9)19-13(17)18-7-11(14)12(15)16/h8-11H,3-7,14H2,1-2H3,(H,15,16). The van der Waals surface area contributed by atoms with E-state index in [0.29, 0.717) is 11.8 Å². The topological polar surface area (TPSA) is 98.9 Å². The second-order valence-electron chi connectivity index (χ2n) is 5.40. The quantitative estimate of drug-likeness (QED) is 0.741. The Hall–Kier alpha value is -1.30. The van der Waals surface area contributed by atoms with Crippen LogP contribution in [-0.2, 0) is 14.3 Å². The van der Waals surface area contributed by atoms with E-state index in [0.717, 1.165) is 25.7 Å². The van der Waals surface area contributed by atoms with E-state index < -0.39 is 18.2 Å².